The summed E-state index contributed by atoms with van der Waals surface area (Å²) in [6, 6.07) is 9.05. The lowest BCUT2D eigenvalue weighted by Gasteiger charge is -2.12. The predicted molar refractivity (Wildman–Crippen MR) is 80.5 cm³/mol. The van der Waals surface area contributed by atoms with Gasteiger partial charge in [-0.3, -0.25) is 4.72 Å². The highest BCUT2D eigenvalue weighted by Gasteiger charge is 2.20. The van der Waals surface area contributed by atoms with Crippen molar-refractivity contribution < 1.29 is 12.8 Å². The molecule has 106 valence electrons. The summed E-state index contributed by atoms with van der Waals surface area (Å²) in [6.45, 7) is 1.78. The number of anilines is 2. The fourth-order valence-corrected chi connectivity index (χ4v) is 3.43. The number of nitrogen functional groups attached to an aromatic ring is 1. The molecule has 0 saturated carbocycles. The molecule has 0 saturated heterocycles. The van der Waals surface area contributed by atoms with Crippen LogP contribution in [0.2, 0.25) is 0 Å². The van der Waals surface area contributed by atoms with Gasteiger partial charge in [0.1, 0.15) is 10.7 Å². The van der Waals surface area contributed by atoms with Crippen molar-refractivity contribution >= 4 is 37.3 Å². The first-order chi connectivity index (χ1) is 9.31. The summed E-state index contributed by atoms with van der Waals surface area (Å²) in [5.41, 5.74) is 6.67. The Morgan fingerprint density at radius 2 is 1.90 bits per heavy atom. The topological polar surface area (TPSA) is 72.2 Å². The summed E-state index contributed by atoms with van der Waals surface area (Å²) >= 11 is 2.95. The van der Waals surface area contributed by atoms with Crippen molar-refractivity contribution in [3.8, 4) is 0 Å². The zero-order valence-electron chi connectivity index (χ0n) is 10.5. The lowest BCUT2D eigenvalue weighted by atomic mass is 10.2. The molecule has 3 N–H and O–H groups in total. The van der Waals surface area contributed by atoms with Gasteiger partial charge in [0, 0.05) is 0 Å². The largest absolute Gasteiger partial charge is 0.398 e. The van der Waals surface area contributed by atoms with Crippen LogP contribution in [0.1, 0.15) is 5.56 Å². The predicted octanol–water partition coefficient (Wildman–Crippen LogP) is 3.28. The van der Waals surface area contributed by atoms with E-state index in [2.05, 4.69) is 20.7 Å². The van der Waals surface area contributed by atoms with E-state index in [0.717, 1.165) is 17.7 Å². The summed E-state index contributed by atoms with van der Waals surface area (Å²) in [6.07, 6.45) is 0. The Morgan fingerprint density at radius 3 is 2.55 bits per heavy atom. The van der Waals surface area contributed by atoms with Crippen LogP contribution >= 0.6 is 15.9 Å². The van der Waals surface area contributed by atoms with Crippen molar-refractivity contribution in [1.29, 1.82) is 0 Å². The average molecular weight is 359 g/mol. The quantitative estimate of drug-likeness (QED) is 0.827. The first-order valence-corrected chi connectivity index (χ1v) is 7.92. The van der Waals surface area contributed by atoms with Crippen LogP contribution in [-0.4, -0.2) is 8.42 Å². The Balaban J connectivity index is 2.47. The highest BCUT2D eigenvalue weighted by atomic mass is 79.9. The van der Waals surface area contributed by atoms with Gasteiger partial charge >= 0.3 is 0 Å². The molecule has 0 heterocycles. The molecule has 0 spiro atoms. The maximum absolute atomic E-state index is 13.3. The Labute approximate surface area is 125 Å². The number of nitrogens with two attached hydrogens (primary N) is 1. The van der Waals surface area contributed by atoms with Gasteiger partial charge in [0.15, 0.2) is 0 Å². The molecule has 0 unspecified atom stereocenters. The normalized spacial score (nSPS) is 11.3. The number of para-hydroxylation sites is 1. The Morgan fingerprint density at radius 1 is 1.25 bits per heavy atom. The van der Waals surface area contributed by atoms with E-state index in [1.165, 1.54) is 0 Å². The minimum atomic E-state index is -3.88. The summed E-state index contributed by atoms with van der Waals surface area (Å²) in [5.74, 6) is -0.614. The van der Waals surface area contributed by atoms with Gasteiger partial charge in [-0.05, 0) is 46.6 Å². The molecule has 0 aliphatic rings. The van der Waals surface area contributed by atoms with Crippen molar-refractivity contribution in [2.24, 2.45) is 0 Å². The lowest BCUT2D eigenvalue weighted by Crippen LogP contribution is -2.15. The van der Waals surface area contributed by atoms with E-state index >= 15 is 0 Å². The Kier molecular flexibility index (Phi) is 4.01. The highest BCUT2D eigenvalue weighted by Crippen LogP contribution is 2.28. The Hall–Kier alpha value is -1.60. The molecule has 2 rings (SSSR count). The van der Waals surface area contributed by atoms with E-state index in [1.54, 1.807) is 31.2 Å². The van der Waals surface area contributed by atoms with Gasteiger partial charge in [0.25, 0.3) is 10.0 Å². The first kappa shape index (κ1) is 14.8. The summed E-state index contributed by atoms with van der Waals surface area (Å²) in [5, 5.41) is 0. The molecule has 0 bridgehead atoms. The molecule has 0 aliphatic heterocycles. The van der Waals surface area contributed by atoms with Gasteiger partial charge < -0.3 is 5.73 Å². The van der Waals surface area contributed by atoms with E-state index < -0.39 is 15.8 Å². The number of halogens is 2. The number of sulfonamides is 1. The van der Waals surface area contributed by atoms with Crippen molar-refractivity contribution in [1.82, 2.24) is 0 Å². The van der Waals surface area contributed by atoms with E-state index in [9.17, 15) is 12.8 Å². The Bertz CT molecular complexity index is 763. The summed E-state index contributed by atoms with van der Waals surface area (Å²) < 4.78 is 40.4. The molecular formula is C13H12BrFN2O2S. The number of benzene rings is 2. The maximum atomic E-state index is 13.3. The van der Waals surface area contributed by atoms with Crippen LogP contribution < -0.4 is 10.5 Å². The van der Waals surface area contributed by atoms with Crippen LogP contribution in [0.4, 0.5) is 15.8 Å². The number of hydrogen-bond acceptors (Lipinski definition) is 3. The second-order valence-electron chi connectivity index (χ2n) is 4.22. The molecule has 20 heavy (non-hydrogen) atoms. The third-order valence-corrected chi connectivity index (χ3v) is 4.76. The van der Waals surface area contributed by atoms with Gasteiger partial charge in [-0.25, -0.2) is 12.8 Å². The zero-order valence-corrected chi connectivity index (χ0v) is 12.9. The van der Waals surface area contributed by atoms with Gasteiger partial charge in [-0.2, -0.15) is 0 Å². The van der Waals surface area contributed by atoms with E-state index in [4.69, 9.17) is 5.73 Å². The molecule has 4 nitrogen and oxygen atoms in total. The van der Waals surface area contributed by atoms with E-state index in [0.29, 0.717) is 5.69 Å². The van der Waals surface area contributed by atoms with E-state index in [1.807, 2.05) is 0 Å². The third kappa shape index (κ3) is 2.94. The molecule has 0 radical (unpaired) electrons. The number of rotatable bonds is 3. The molecule has 0 fully saturated rings. The maximum Gasteiger partial charge on any atom is 0.263 e. The average Bonchev–Trinajstić information content (AvgIpc) is 2.36. The molecule has 0 amide bonds. The monoisotopic (exact) mass is 358 g/mol. The highest BCUT2D eigenvalue weighted by molar-refractivity contribution is 9.10. The number of aryl methyl sites for hydroxylation is 1. The first-order valence-electron chi connectivity index (χ1n) is 5.64. The van der Waals surface area contributed by atoms with E-state index in [-0.39, 0.29) is 15.1 Å². The second-order valence-corrected chi connectivity index (χ2v) is 6.73. The van der Waals surface area contributed by atoms with Crippen LogP contribution in [-0.2, 0) is 10.0 Å². The van der Waals surface area contributed by atoms with Crippen molar-refractivity contribution in [2.75, 3.05) is 10.5 Å². The smallest absolute Gasteiger partial charge is 0.263 e. The van der Waals surface area contributed by atoms with Crippen LogP contribution in [0.5, 0.6) is 0 Å². The molecule has 0 aromatic heterocycles. The zero-order chi connectivity index (χ0) is 14.9. The van der Waals surface area contributed by atoms with Crippen LogP contribution in [0, 0.1) is 12.7 Å². The molecule has 0 atom stereocenters. The van der Waals surface area contributed by atoms with Gasteiger partial charge in [-0.1, -0.05) is 18.2 Å². The number of hydrogen-bond donors (Lipinski definition) is 2. The van der Waals surface area contributed by atoms with Crippen molar-refractivity contribution in [3.63, 3.8) is 0 Å². The molecule has 0 aliphatic carbocycles. The standard InChI is InChI=1S/C13H12BrFN2O2S/c1-8-4-2-3-5-12(8)17-20(18,19)13-6-9(14)10(15)7-11(13)16/h2-7,17H,16H2,1H3. The van der Waals surface area contributed by atoms with Crippen LogP contribution in [0.25, 0.3) is 0 Å². The van der Waals surface area contributed by atoms with Crippen LogP contribution in [0.3, 0.4) is 0 Å². The molecule has 2 aromatic carbocycles. The third-order valence-electron chi connectivity index (χ3n) is 2.73. The molecule has 2 aromatic rings. The fourth-order valence-electron chi connectivity index (χ4n) is 1.66. The van der Waals surface area contributed by atoms with Gasteiger partial charge in [-0.15, -0.1) is 0 Å². The van der Waals surface area contributed by atoms with Gasteiger partial charge in [0.2, 0.25) is 0 Å². The lowest BCUT2D eigenvalue weighted by molar-refractivity contribution is 0.599. The molecule has 7 heteroatoms. The van der Waals surface area contributed by atoms with Crippen molar-refractivity contribution in [2.45, 2.75) is 11.8 Å². The summed E-state index contributed by atoms with van der Waals surface area (Å²) in [4.78, 5) is -0.172. The minimum Gasteiger partial charge on any atom is -0.398 e. The SMILES string of the molecule is Cc1ccccc1NS(=O)(=O)c1cc(Br)c(F)cc1N. The van der Waals surface area contributed by atoms with Crippen LogP contribution in [0.15, 0.2) is 45.8 Å². The molecular weight excluding hydrogens is 347 g/mol. The minimum absolute atomic E-state index is 0.0388. The number of nitrogens with one attached hydrogen (secondary N) is 1. The second kappa shape index (κ2) is 5.41. The fraction of sp³-hybridized carbons (Fsp3) is 0.0769. The van der Waals surface area contributed by atoms with Crippen molar-refractivity contribution in [3.05, 3.63) is 52.3 Å². The van der Waals surface area contributed by atoms with Gasteiger partial charge in [0.05, 0.1) is 15.8 Å². The summed E-state index contributed by atoms with van der Waals surface area (Å²) in [7, 11) is -3.88.